The molecule has 0 spiro atoms. The predicted octanol–water partition coefficient (Wildman–Crippen LogP) is 4.42. The van der Waals surface area contributed by atoms with Gasteiger partial charge < -0.3 is 9.40 Å². The van der Waals surface area contributed by atoms with Gasteiger partial charge in [0.15, 0.2) is 5.76 Å². The summed E-state index contributed by atoms with van der Waals surface area (Å²) < 4.78 is 7.55. The molecule has 4 nitrogen and oxygen atoms in total. The monoisotopic (exact) mass is 307 g/mol. The highest BCUT2D eigenvalue weighted by Crippen LogP contribution is 2.36. The minimum atomic E-state index is 0.733. The van der Waals surface area contributed by atoms with Gasteiger partial charge in [-0.25, -0.2) is 4.98 Å². The van der Waals surface area contributed by atoms with Gasteiger partial charge in [0, 0.05) is 16.7 Å². The Hall–Kier alpha value is -2.66. The van der Waals surface area contributed by atoms with Gasteiger partial charge in [-0.3, -0.25) is 4.57 Å². The Bertz CT molecular complexity index is 840. The number of furan rings is 1. The van der Waals surface area contributed by atoms with E-state index < -0.39 is 0 Å². The van der Waals surface area contributed by atoms with E-state index in [-0.39, 0.29) is 0 Å². The molecule has 4 rings (SSSR count). The van der Waals surface area contributed by atoms with Crippen LogP contribution in [0.1, 0.15) is 0 Å². The van der Waals surface area contributed by atoms with Gasteiger partial charge in [-0.1, -0.05) is 18.2 Å². The fraction of sp³-hybridized carbons (Fsp3) is 0. The number of hydrogen-bond donors (Lipinski definition) is 2. The normalized spacial score (nSPS) is 11.0. The molecular weight excluding hydrogens is 294 g/mol. The molecule has 22 heavy (non-hydrogen) atoms. The zero-order chi connectivity index (χ0) is 14.9. The summed E-state index contributed by atoms with van der Waals surface area (Å²) in [6.07, 6.45) is 5.33. The van der Waals surface area contributed by atoms with E-state index in [0.29, 0.717) is 0 Å². The van der Waals surface area contributed by atoms with Crippen molar-refractivity contribution in [1.29, 1.82) is 0 Å². The van der Waals surface area contributed by atoms with E-state index in [1.807, 2.05) is 59.3 Å². The molecule has 0 unspecified atom stereocenters. The van der Waals surface area contributed by atoms with Gasteiger partial charge >= 0.3 is 0 Å². The number of benzene rings is 1. The molecule has 0 aliphatic rings. The van der Waals surface area contributed by atoms with Crippen molar-refractivity contribution >= 4 is 12.6 Å². The smallest absolute Gasteiger partial charge is 0.154 e. The summed E-state index contributed by atoms with van der Waals surface area (Å²) >= 11 is 4.59. The van der Waals surface area contributed by atoms with Crippen LogP contribution in [0.3, 0.4) is 0 Å². The number of nitrogens with one attached hydrogen (secondary N) is 1. The molecule has 0 atom stereocenters. The highest BCUT2D eigenvalue weighted by Gasteiger charge is 2.19. The molecule has 0 bridgehead atoms. The van der Waals surface area contributed by atoms with Crippen LogP contribution in [0.5, 0.6) is 0 Å². The number of nitrogens with zero attached hydrogens (tertiary/aromatic N) is 2. The summed E-state index contributed by atoms with van der Waals surface area (Å²) in [6.45, 7) is 0. The topological polar surface area (TPSA) is 46.8 Å². The molecule has 108 valence electrons. The van der Waals surface area contributed by atoms with Gasteiger partial charge in [0.2, 0.25) is 0 Å². The molecular formula is C17H13N3OS. The molecule has 1 N–H and O–H groups in total. The molecule has 0 saturated carbocycles. The largest absolute Gasteiger partial charge is 0.463 e. The first-order chi connectivity index (χ1) is 10.8. The van der Waals surface area contributed by atoms with Gasteiger partial charge in [-0.2, -0.15) is 0 Å². The summed E-state index contributed by atoms with van der Waals surface area (Å²) in [4.78, 5) is 8.65. The second kappa shape index (κ2) is 5.27. The summed E-state index contributed by atoms with van der Waals surface area (Å²) in [5.41, 5.74) is 2.74. The Kier molecular flexibility index (Phi) is 3.12. The lowest BCUT2D eigenvalue weighted by molar-refractivity contribution is 0.580. The maximum Gasteiger partial charge on any atom is 0.154 e. The van der Waals surface area contributed by atoms with Crippen molar-refractivity contribution in [2.75, 3.05) is 0 Å². The highest BCUT2D eigenvalue weighted by atomic mass is 32.1. The van der Waals surface area contributed by atoms with Crippen LogP contribution in [0.4, 0.5) is 0 Å². The molecule has 0 radical (unpaired) electrons. The average Bonchev–Trinajstić information content (AvgIpc) is 3.27. The molecule has 3 aromatic heterocycles. The van der Waals surface area contributed by atoms with E-state index in [9.17, 15) is 0 Å². The fourth-order valence-electron chi connectivity index (χ4n) is 2.53. The number of H-pyrrole nitrogens is 1. The Morgan fingerprint density at radius 1 is 1.05 bits per heavy atom. The zero-order valence-electron chi connectivity index (χ0n) is 11.6. The van der Waals surface area contributed by atoms with Crippen LogP contribution in [0.15, 0.2) is 76.6 Å². The van der Waals surface area contributed by atoms with Crippen LogP contribution in [-0.4, -0.2) is 14.5 Å². The SMILES string of the molecule is Sc1ccccc1-c1c(-c2ccco2)ncn1-c1ccc[nH]1. The van der Waals surface area contributed by atoms with Crippen LogP contribution in [0, 0.1) is 0 Å². The van der Waals surface area contributed by atoms with Crippen molar-refractivity contribution in [3.05, 3.63) is 67.3 Å². The van der Waals surface area contributed by atoms with Gasteiger partial charge in [-0.15, -0.1) is 12.6 Å². The average molecular weight is 307 g/mol. The standard InChI is InChI=1S/C17H13N3OS/c22-14-7-2-1-5-12(14)17-16(13-6-4-10-21-13)19-11-20(17)15-8-3-9-18-15/h1-11,18,22H. The van der Waals surface area contributed by atoms with Crippen molar-refractivity contribution in [3.8, 4) is 28.5 Å². The summed E-state index contributed by atoms with van der Waals surface area (Å²) in [5.74, 6) is 1.67. The maximum absolute atomic E-state index is 5.54. The Labute approximate surface area is 132 Å². The number of imidazole rings is 1. The Morgan fingerprint density at radius 2 is 1.95 bits per heavy atom. The molecule has 5 heteroatoms. The summed E-state index contributed by atoms with van der Waals surface area (Å²) in [6, 6.07) is 15.7. The van der Waals surface area contributed by atoms with Crippen molar-refractivity contribution < 1.29 is 4.42 Å². The molecule has 0 fully saturated rings. The lowest BCUT2D eigenvalue weighted by Gasteiger charge is -2.10. The lowest BCUT2D eigenvalue weighted by atomic mass is 10.1. The van der Waals surface area contributed by atoms with Crippen LogP contribution in [-0.2, 0) is 0 Å². The minimum Gasteiger partial charge on any atom is -0.463 e. The quantitative estimate of drug-likeness (QED) is 0.551. The van der Waals surface area contributed by atoms with E-state index in [0.717, 1.165) is 33.4 Å². The number of rotatable bonds is 3. The third-order valence-electron chi connectivity index (χ3n) is 3.52. The fourth-order valence-corrected chi connectivity index (χ4v) is 2.79. The number of thiol groups is 1. The molecule has 0 saturated heterocycles. The minimum absolute atomic E-state index is 0.733. The Balaban J connectivity index is 2.01. The molecule has 4 aromatic rings. The first-order valence-electron chi connectivity index (χ1n) is 6.88. The number of hydrogen-bond acceptors (Lipinski definition) is 3. The second-order valence-electron chi connectivity index (χ2n) is 4.86. The molecule has 0 aliphatic carbocycles. The van der Waals surface area contributed by atoms with Crippen LogP contribution in [0.25, 0.3) is 28.5 Å². The summed E-state index contributed by atoms with van der Waals surface area (Å²) in [5, 5.41) is 0. The third kappa shape index (κ3) is 2.07. The predicted molar refractivity (Wildman–Crippen MR) is 88.3 cm³/mol. The third-order valence-corrected chi connectivity index (χ3v) is 3.91. The first kappa shape index (κ1) is 13.0. The molecule has 3 heterocycles. The number of aromatic amines is 1. The van der Waals surface area contributed by atoms with Crippen molar-refractivity contribution in [2.24, 2.45) is 0 Å². The summed E-state index contributed by atoms with van der Waals surface area (Å²) in [7, 11) is 0. The Morgan fingerprint density at radius 3 is 2.68 bits per heavy atom. The van der Waals surface area contributed by atoms with Gasteiger partial charge in [0.05, 0.1) is 12.0 Å². The van der Waals surface area contributed by atoms with Crippen molar-refractivity contribution in [3.63, 3.8) is 0 Å². The van der Waals surface area contributed by atoms with E-state index in [4.69, 9.17) is 4.42 Å². The maximum atomic E-state index is 5.54. The van der Waals surface area contributed by atoms with Crippen molar-refractivity contribution in [2.45, 2.75) is 4.90 Å². The van der Waals surface area contributed by atoms with Crippen LogP contribution >= 0.6 is 12.6 Å². The van der Waals surface area contributed by atoms with Gasteiger partial charge in [0.1, 0.15) is 17.8 Å². The molecule has 1 aromatic carbocycles. The molecule has 0 amide bonds. The zero-order valence-corrected chi connectivity index (χ0v) is 12.5. The van der Waals surface area contributed by atoms with Crippen LogP contribution < -0.4 is 0 Å². The first-order valence-corrected chi connectivity index (χ1v) is 7.32. The highest BCUT2D eigenvalue weighted by molar-refractivity contribution is 7.80. The lowest BCUT2D eigenvalue weighted by Crippen LogP contribution is -1.97. The van der Waals surface area contributed by atoms with Gasteiger partial charge in [0.25, 0.3) is 0 Å². The van der Waals surface area contributed by atoms with Crippen LogP contribution in [0.2, 0.25) is 0 Å². The van der Waals surface area contributed by atoms with E-state index in [1.54, 1.807) is 12.6 Å². The van der Waals surface area contributed by atoms with Gasteiger partial charge in [-0.05, 0) is 30.3 Å². The van der Waals surface area contributed by atoms with Crippen molar-refractivity contribution in [1.82, 2.24) is 14.5 Å². The van der Waals surface area contributed by atoms with E-state index >= 15 is 0 Å². The van der Waals surface area contributed by atoms with E-state index in [2.05, 4.69) is 22.6 Å². The second-order valence-corrected chi connectivity index (χ2v) is 5.34. The molecule has 0 aliphatic heterocycles. The van der Waals surface area contributed by atoms with E-state index in [1.165, 1.54) is 0 Å². The number of aromatic nitrogens is 3.